The lowest BCUT2D eigenvalue weighted by Crippen LogP contribution is -2.60. The third kappa shape index (κ3) is 6.00. The van der Waals surface area contributed by atoms with Crippen molar-refractivity contribution in [3.8, 4) is 0 Å². The van der Waals surface area contributed by atoms with Gasteiger partial charge in [0.25, 0.3) is 0 Å². The summed E-state index contributed by atoms with van der Waals surface area (Å²) < 4.78 is 5.58. The first-order chi connectivity index (χ1) is 17.3. The molecule has 0 aliphatic carbocycles. The molecule has 2 N–H and O–H groups in total. The summed E-state index contributed by atoms with van der Waals surface area (Å²) in [5, 5.41) is 7.56. The van der Waals surface area contributed by atoms with E-state index in [0.717, 1.165) is 16.7 Å². The Morgan fingerprint density at radius 2 is 1.78 bits per heavy atom. The number of halogens is 2. The molecule has 4 heterocycles. The number of hydrogen-bond donors (Lipinski definition) is 2. The van der Waals surface area contributed by atoms with E-state index < -0.39 is 16.7 Å². The Hall–Kier alpha value is -2.46. The molecule has 200 valence electrons. The minimum absolute atomic E-state index is 0.0811. The lowest BCUT2D eigenvalue weighted by Gasteiger charge is -2.42. The molecular weight excluding hydrogens is 515 g/mol. The molecule has 2 amide bonds. The molecule has 2 saturated heterocycles. The predicted octanol–water partition coefficient (Wildman–Crippen LogP) is 3.69. The lowest BCUT2D eigenvalue weighted by atomic mass is 9.89. The second-order valence-corrected chi connectivity index (χ2v) is 11.7. The van der Waals surface area contributed by atoms with Gasteiger partial charge in [0.2, 0.25) is 5.91 Å². The summed E-state index contributed by atoms with van der Waals surface area (Å²) >= 11 is 12.5. The van der Waals surface area contributed by atoms with E-state index in [4.69, 9.17) is 27.9 Å². The Morgan fingerprint density at radius 3 is 2.46 bits per heavy atom. The van der Waals surface area contributed by atoms with E-state index >= 15 is 0 Å². The van der Waals surface area contributed by atoms with Crippen molar-refractivity contribution in [2.45, 2.75) is 57.8 Å². The summed E-state index contributed by atoms with van der Waals surface area (Å²) in [4.78, 5) is 38.4. The van der Waals surface area contributed by atoms with E-state index in [2.05, 4.69) is 20.6 Å². The highest BCUT2D eigenvalue weighted by Gasteiger charge is 2.42. The molecule has 11 heteroatoms. The Morgan fingerprint density at radius 1 is 1.08 bits per heavy atom. The van der Waals surface area contributed by atoms with E-state index in [0.29, 0.717) is 49.6 Å². The molecule has 2 atom stereocenters. The van der Waals surface area contributed by atoms with Gasteiger partial charge in [0.1, 0.15) is 21.4 Å². The summed E-state index contributed by atoms with van der Waals surface area (Å²) in [6.45, 7) is 12.5. The molecular formula is C26H34Cl2N6O3. The lowest BCUT2D eigenvalue weighted by molar-refractivity contribution is -0.141. The smallest absolute Gasteiger partial charge is 0.410 e. The van der Waals surface area contributed by atoms with Crippen molar-refractivity contribution >= 4 is 35.2 Å². The number of hydrogen-bond acceptors (Lipinski definition) is 7. The van der Waals surface area contributed by atoms with Crippen LogP contribution in [0.1, 0.15) is 51.3 Å². The maximum absolute atomic E-state index is 13.6. The van der Waals surface area contributed by atoms with Crippen LogP contribution in [0.4, 0.5) is 4.79 Å². The minimum Gasteiger partial charge on any atom is -0.444 e. The first kappa shape index (κ1) is 27.6. The first-order valence-electron chi connectivity index (χ1n) is 12.3. The number of piperazine rings is 2. The summed E-state index contributed by atoms with van der Waals surface area (Å²) in [5.41, 5.74) is 0.303. The molecule has 2 unspecified atom stereocenters. The van der Waals surface area contributed by atoms with Crippen LogP contribution in [-0.4, -0.2) is 70.1 Å². The fourth-order valence-electron chi connectivity index (χ4n) is 4.75. The molecule has 37 heavy (non-hydrogen) atoms. The number of pyridine rings is 2. The van der Waals surface area contributed by atoms with E-state index in [1.807, 2.05) is 46.8 Å². The highest BCUT2D eigenvalue weighted by Crippen LogP contribution is 2.31. The molecule has 4 rings (SSSR count). The molecule has 0 spiro atoms. The normalized spacial score (nSPS) is 24.8. The van der Waals surface area contributed by atoms with Crippen LogP contribution in [0, 0.1) is 0 Å². The average molecular weight is 550 g/mol. The third-order valence-corrected chi connectivity index (χ3v) is 7.41. The molecule has 0 bridgehead atoms. The van der Waals surface area contributed by atoms with E-state index in [9.17, 15) is 9.59 Å². The van der Waals surface area contributed by atoms with Gasteiger partial charge in [-0.3, -0.25) is 10.1 Å². The zero-order valence-corrected chi connectivity index (χ0v) is 23.4. The van der Waals surface area contributed by atoms with E-state index in [-0.39, 0.29) is 12.0 Å². The summed E-state index contributed by atoms with van der Waals surface area (Å²) in [6.07, 6.45) is 3.00. The highest BCUT2D eigenvalue weighted by molar-refractivity contribution is 6.30. The predicted molar refractivity (Wildman–Crippen MR) is 142 cm³/mol. The minimum atomic E-state index is -0.932. The molecule has 2 aromatic heterocycles. The summed E-state index contributed by atoms with van der Waals surface area (Å²) in [7, 11) is 0. The third-order valence-electron chi connectivity index (χ3n) is 6.85. The topological polar surface area (TPSA) is 99.7 Å². The summed E-state index contributed by atoms with van der Waals surface area (Å²) in [5.74, 6) is -0.0811. The maximum atomic E-state index is 13.6. The van der Waals surface area contributed by atoms with Gasteiger partial charge in [-0.2, -0.15) is 0 Å². The second kappa shape index (κ2) is 10.4. The molecule has 2 fully saturated rings. The zero-order chi connectivity index (χ0) is 27.0. The Balaban J connectivity index is 1.54. The van der Waals surface area contributed by atoms with Crippen LogP contribution in [0.5, 0.6) is 0 Å². The fraction of sp³-hybridized carbons (Fsp3) is 0.538. The standard InChI is InChI=1S/C26H34Cl2N6O3/c1-24(2,3)37-23(36)34-11-8-31-25(4,16-34)19-12-17(21(28)30-14-19)15-33-10-9-32-26(5,22(33)35)18-6-7-20(27)29-13-18/h6-7,12-14,31-32H,8-11,15-16H2,1-5H3. The Labute approximate surface area is 227 Å². The van der Waals surface area contributed by atoms with Crippen molar-refractivity contribution in [2.75, 3.05) is 32.7 Å². The quantitative estimate of drug-likeness (QED) is 0.562. The van der Waals surface area contributed by atoms with Gasteiger partial charge in [-0.1, -0.05) is 29.3 Å². The van der Waals surface area contributed by atoms with Crippen molar-refractivity contribution in [2.24, 2.45) is 0 Å². The molecule has 2 aliphatic rings. The van der Waals surface area contributed by atoms with Gasteiger partial charge in [0.05, 0.1) is 5.54 Å². The van der Waals surface area contributed by atoms with Crippen molar-refractivity contribution < 1.29 is 14.3 Å². The Bertz CT molecular complexity index is 1170. The number of rotatable bonds is 4. The van der Waals surface area contributed by atoms with Crippen LogP contribution < -0.4 is 10.6 Å². The molecule has 2 aromatic rings. The molecule has 0 saturated carbocycles. The molecule has 2 aliphatic heterocycles. The van der Waals surface area contributed by atoms with Crippen molar-refractivity contribution in [3.63, 3.8) is 0 Å². The zero-order valence-electron chi connectivity index (χ0n) is 21.9. The largest absolute Gasteiger partial charge is 0.444 e. The number of amides is 2. The van der Waals surface area contributed by atoms with Crippen LogP contribution in [0.25, 0.3) is 0 Å². The number of nitrogens with zero attached hydrogens (tertiary/aromatic N) is 4. The van der Waals surface area contributed by atoms with Gasteiger partial charge in [0, 0.05) is 57.2 Å². The van der Waals surface area contributed by atoms with E-state index in [1.54, 1.807) is 28.3 Å². The SMILES string of the molecule is CC(C)(C)OC(=O)N1CCNC(C)(c2cnc(Cl)c(CN3CCNC(C)(c4ccc(Cl)nc4)C3=O)c2)C1. The highest BCUT2D eigenvalue weighted by atomic mass is 35.5. The molecule has 0 aromatic carbocycles. The van der Waals surface area contributed by atoms with Crippen LogP contribution in [0.3, 0.4) is 0 Å². The average Bonchev–Trinajstić information content (AvgIpc) is 2.82. The van der Waals surface area contributed by atoms with Crippen LogP contribution in [0.15, 0.2) is 30.6 Å². The van der Waals surface area contributed by atoms with Gasteiger partial charge in [-0.15, -0.1) is 0 Å². The van der Waals surface area contributed by atoms with Crippen LogP contribution >= 0.6 is 23.2 Å². The number of carbonyl (C=O) groups is 2. The van der Waals surface area contributed by atoms with Crippen molar-refractivity contribution in [1.82, 2.24) is 30.4 Å². The fourth-order valence-corrected chi connectivity index (χ4v) is 5.03. The molecule has 9 nitrogen and oxygen atoms in total. The first-order valence-corrected chi connectivity index (χ1v) is 13.1. The number of nitrogens with one attached hydrogen (secondary N) is 2. The van der Waals surface area contributed by atoms with Gasteiger partial charge in [-0.05, 0) is 57.9 Å². The van der Waals surface area contributed by atoms with Crippen LogP contribution in [0.2, 0.25) is 10.3 Å². The van der Waals surface area contributed by atoms with Gasteiger partial charge < -0.3 is 19.9 Å². The monoisotopic (exact) mass is 548 g/mol. The van der Waals surface area contributed by atoms with Crippen molar-refractivity contribution in [3.05, 3.63) is 57.6 Å². The number of aromatic nitrogens is 2. The van der Waals surface area contributed by atoms with E-state index in [1.165, 1.54) is 0 Å². The second-order valence-electron chi connectivity index (χ2n) is 11.0. The van der Waals surface area contributed by atoms with Crippen molar-refractivity contribution in [1.29, 1.82) is 0 Å². The van der Waals surface area contributed by atoms with Gasteiger partial charge in [-0.25, -0.2) is 14.8 Å². The maximum Gasteiger partial charge on any atom is 0.410 e. The number of carbonyl (C=O) groups excluding carboxylic acids is 2. The number of ether oxygens (including phenoxy) is 1. The van der Waals surface area contributed by atoms with Crippen LogP contribution in [-0.2, 0) is 27.2 Å². The Kier molecular flexibility index (Phi) is 7.72. The van der Waals surface area contributed by atoms with Gasteiger partial charge >= 0.3 is 6.09 Å². The van der Waals surface area contributed by atoms with Gasteiger partial charge in [0.15, 0.2) is 0 Å². The summed E-state index contributed by atoms with van der Waals surface area (Å²) in [6, 6.07) is 5.46. The molecule has 0 radical (unpaired) electrons.